The maximum atomic E-state index is 12.0. The van der Waals surface area contributed by atoms with Gasteiger partial charge >= 0.3 is 0 Å². The van der Waals surface area contributed by atoms with Crippen LogP contribution in [0.25, 0.3) is 0 Å². The molecular formula is C13H18N2OS. The van der Waals surface area contributed by atoms with E-state index in [-0.39, 0.29) is 12.1 Å². The quantitative estimate of drug-likeness (QED) is 0.889. The molecule has 4 heteroatoms. The topological polar surface area (TPSA) is 32.3 Å². The van der Waals surface area contributed by atoms with Gasteiger partial charge in [0.05, 0.1) is 6.54 Å². The van der Waals surface area contributed by atoms with Crippen molar-refractivity contribution >= 4 is 17.2 Å². The van der Waals surface area contributed by atoms with E-state index in [0.717, 1.165) is 12.3 Å². The molecule has 1 aliphatic carbocycles. The van der Waals surface area contributed by atoms with Crippen LogP contribution in [-0.4, -0.2) is 23.4 Å². The third kappa shape index (κ3) is 2.24. The number of amides is 1. The summed E-state index contributed by atoms with van der Waals surface area (Å²) in [6, 6.07) is 2.47. The lowest BCUT2D eigenvalue weighted by atomic mass is 10.1. The molecule has 17 heavy (non-hydrogen) atoms. The number of thiophene rings is 1. The van der Waals surface area contributed by atoms with Crippen molar-refractivity contribution in [3.05, 3.63) is 22.4 Å². The van der Waals surface area contributed by atoms with E-state index in [1.54, 1.807) is 11.3 Å². The maximum absolute atomic E-state index is 12.0. The van der Waals surface area contributed by atoms with Gasteiger partial charge in [-0.3, -0.25) is 10.1 Å². The molecule has 2 atom stereocenters. The number of carbonyl (C=O) groups excluding carboxylic acids is 1. The number of rotatable bonds is 4. The Morgan fingerprint density at radius 1 is 1.59 bits per heavy atom. The fraction of sp³-hybridized carbons (Fsp3) is 0.615. The smallest absolute Gasteiger partial charge is 0.238 e. The van der Waals surface area contributed by atoms with Crippen LogP contribution < -0.4 is 5.32 Å². The van der Waals surface area contributed by atoms with E-state index in [9.17, 15) is 4.79 Å². The number of nitrogens with zero attached hydrogens (tertiary/aromatic N) is 1. The van der Waals surface area contributed by atoms with Gasteiger partial charge in [0.15, 0.2) is 0 Å². The first kappa shape index (κ1) is 11.2. The fourth-order valence-corrected chi connectivity index (χ4v) is 3.36. The van der Waals surface area contributed by atoms with Gasteiger partial charge in [-0.15, -0.1) is 0 Å². The monoisotopic (exact) mass is 250 g/mol. The molecular weight excluding hydrogens is 232 g/mol. The molecule has 0 bridgehead atoms. The van der Waals surface area contributed by atoms with Gasteiger partial charge < -0.3 is 4.90 Å². The van der Waals surface area contributed by atoms with Crippen molar-refractivity contribution in [1.82, 2.24) is 10.2 Å². The Balaban J connectivity index is 1.76. The first-order chi connectivity index (χ1) is 8.25. The van der Waals surface area contributed by atoms with Gasteiger partial charge in [0.2, 0.25) is 5.91 Å². The maximum Gasteiger partial charge on any atom is 0.238 e. The van der Waals surface area contributed by atoms with Crippen LogP contribution in [0.15, 0.2) is 16.8 Å². The number of carbonyl (C=O) groups is 1. The van der Waals surface area contributed by atoms with Crippen molar-refractivity contribution in [2.75, 3.05) is 6.54 Å². The molecule has 0 radical (unpaired) electrons. The largest absolute Gasteiger partial charge is 0.319 e. The van der Waals surface area contributed by atoms with Gasteiger partial charge in [-0.1, -0.05) is 12.8 Å². The van der Waals surface area contributed by atoms with Crippen LogP contribution in [-0.2, 0) is 4.79 Å². The average molecular weight is 250 g/mol. The summed E-state index contributed by atoms with van der Waals surface area (Å²) in [6.45, 7) is 2.66. The number of hydrogen-bond acceptors (Lipinski definition) is 3. The molecule has 0 spiro atoms. The van der Waals surface area contributed by atoms with Gasteiger partial charge in [0.1, 0.15) is 6.17 Å². The molecule has 1 amide bonds. The van der Waals surface area contributed by atoms with Crippen LogP contribution in [0.2, 0.25) is 0 Å². The Morgan fingerprint density at radius 2 is 2.41 bits per heavy atom. The summed E-state index contributed by atoms with van der Waals surface area (Å²) < 4.78 is 0. The van der Waals surface area contributed by atoms with Gasteiger partial charge in [0.25, 0.3) is 0 Å². The number of hydrogen-bond donors (Lipinski definition) is 1. The van der Waals surface area contributed by atoms with Crippen molar-refractivity contribution in [3.8, 4) is 0 Å². The minimum absolute atomic E-state index is 0.0995. The van der Waals surface area contributed by atoms with E-state index in [2.05, 4.69) is 29.1 Å². The standard InChI is InChI=1S/C13H18N2OS/c1-9(6-10-2-3-10)15-12(16)7-14-13(15)11-4-5-17-8-11/h4-5,8-10,13-14H,2-3,6-7H2,1H3. The van der Waals surface area contributed by atoms with Crippen LogP contribution in [0, 0.1) is 5.92 Å². The Bertz CT molecular complexity index is 400. The van der Waals surface area contributed by atoms with Crippen molar-refractivity contribution in [1.29, 1.82) is 0 Å². The highest BCUT2D eigenvalue weighted by atomic mass is 32.1. The van der Waals surface area contributed by atoms with Crippen LogP contribution >= 0.6 is 11.3 Å². The third-order valence-electron chi connectivity index (χ3n) is 3.72. The molecule has 2 aliphatic rings. The molecule has 92 valence electrons. The molecule has 1 aliphatic heterocycles. The second kappa shape index (κ2) is 4.42. The van der Waals surface area contributed by atoms with E-state index < -0.39 is 0 Å². The summed E-state index contributed by atoms with van der Waals surface area (Å²) in [7, 11) is 0. The summed E-state index contributed by atoms with van der Waals surface area (Å²) in [5, 5.41) is 7.52. The Hall–Kier alpha value is -0.870. The third-order valence-corrected chi connectivity index (χ3v) is 4.42. The second-order valence-corrected chi connectivity index (χ2v) is 5.95. The van der Waals surface area contributed by atoms with E-state index in [1.807, 2.05) is 4.90 Å². The Morgan fingerprint density at radius 3 is 3.06 bits per heavy atom. The zero-order valence-electron chi connectivity index (χ0n) is 10.1. The van der Waals surface area contributed by atoms with Gasteiger partial charge in [0, 0.05) is 6.04 Å². The lowest BCUT2D eigenvalue weighted by molar-refractivity contribution is -0.130. The van der Waals surface area contributed by atoms with Crippen LogP contribution in [0.5, 0.6) is 0 Å². The van der Waals surface area contributed by atoms with Crippen LogP contribution in [0.4, 0.5) is 0 Å². The van der Waals surface area contributed by atoms with Crippen LogP contribution in [0.3, 0.4) is 0 Å². The minimum atomic E-state index is 0.0995. The first-order valence-corrected chi connectivity index (χ1v) is 7.26. The summed E-state index contributed by atoms with van der Waals surface area (Å²) in [5.41, 5.74) is 1.23. The Labute approximate surface area is 106 Å². The second-order valence-electron chi connectivity index (χ2n) is 5.17. The SMILES string of the molecule is CC(CC1CC1)N1C(=O)CNC1c1ccsc1. The predicted octanol–water partition coefficient (Wildman–Crippen LogP) is 2.37. The lowest BCUT2D eigenvalue weighted by Crippen LogP contribution is -2.38. The molecule has 1 saturated carbocycles. The van der Waals surface area contributed by atoms with Gasteiger partial charge in [-0.25, -0.2) is 0 Å². The molecule has 2 unspecified atom stereocenters. The molecule has 2 heterocycles. The highest BCUT2D eigenvalue weighted by molar-refractivity contribution is 7.07. The predicted molar refractivity (Wildman–Crippen MR) is 68.7 cm³/mol. The van der Waals surface area contributed by atoms with Crippen molar-refractivity contribution in [2.24, 2.45) is 5.92 Å². The molecule has 1 N–H and O–H groups in total. The summed E-state index contributed by atoms with van der Waals surface area (Å²) in [6.07, 6.45) is 3.96. The molecule has 1 saturated heterocycles. The summed E-state index contributed by atoms with van der Waals surface area (Å²) in [4.78, 5) is 14.0. The zero-order valence-corrected chi connectivity index (χ0v) is 10.9. The normalized spacial score (nSPS) is 26.5. The highest BCUT2D eigenvalue weighted by Crippen LogP contribution is 2.37. The van der Waals surface area contributed by atoms with Crippen molar-refractivity contribution < 1.29 is 4.79 Å². The van der Waals surface area contributed by atoms with Gasteiger partial charge in [-0.2, -0.15) is 11.3 Å². The van der Waals surface area contributed by atoms with E-state index in [0.29, 0.717) is 12.6 Å². The fourth-order valence-electron chi connectivity index (χ4n) is 2.68. The molecule has 2 fully saturated rings. The first-order valence-electron chi connectivity index (χ1n) is 6.32. The minimum Gasteiger partial charge on any atom is -0.319 e. The van der Waals surface area contributed by atoms with Crippen LogP contribution in [0.1, 0.15) is 37.9 Å². The van der Waals surface area contributed by atoms with Crippen molar-refractivity contribution in [2.45, 2.75) is 38.4 Å². The van der Waals surface area contributed by atoms with E-state index in [1.165, 1.54) is 18.4 Å². The molecule has 3 nitrogen and oxygen atoms in total. The van der Waals surface area contributed by atoms with E-state index >= 15 is 0 Å². The molecule has 1 aromatic heterocycles. The summed E-state index contributed by atoms with van der Waals surface area (Å²) >= 11 is 1.69. The van der Waals surface area contributed by atoms with Crippen molar-refractivity contribution in [3.63, 3.8) is 0 Å². The lowest BCUT2D eigenvalue weighted by Gasteiger charge is -2.30. The number of nitrogens with one attached hydrogen (secondary N) is 1. The highest BCUT2D eigenvalue weighted by Gasteiger charge is 2.37. The average Bonchev–Trinajstić information content (AvgIpc) is 2.82. The molecule has 1 aromatic rings. The van der Waals surface area contributed by atoms with E-state index in [4.69, 9.17) is 0 Å². The van der Waals surface area contributed by atoms with Gasteiger partial charge in [-0.05, 0) is 41.7 Å². The Kier molecular flexibility index (Phi) is 2.92. The summed E-state index contributed by atoms with van der Waals surface area (Å²) in [5.74, 6) is 1.11. The zero-order chi connectivity index (χ0) is 11.8. The molecule has 3 rings (SSSR count). The molecule has 0 aromatic carbocycles.